The smallest absolute Gasteiger partial charge is 0.341 e. The first-order valence-electron chi connectivity index (χ1n) is 4.95. The molecular formula is C10H11BrFNO5S. The Balaban J connectivity index is 3.15. The van der Waals surface area contributed by atoms with Gasteiger partial charge in [0.1, 0.15) is 11.5 Å². The normalized spacial score (nSPS) is 11.4. The summed E-state index contributed by atoms with van der Waals surface area (Å²) in [4.78, 5) is 10.8. The third-order valence-corrected chi connectivity index (χ3v) is 3.42. The van der Waals surface area contributed by atoms with Gasteiger partial charge < -0.3 is 9.47 Å². The van der Waals surface area contributed by atoms with Crippen molar-refractivity contribution in [3.63, 3.8) is 0 Å². The third-order valence-electron chi connectivity index (χ3n) is 2.05. The monoisotopic (exact) mass is 355 g/mol. The van der Waals surface area contributed by atoms with Gasteiger partial charge in [-0.15, -0.1) is 0 Å². The van der Waals surface area contributed by atoms with Crippen LogP contribution >= 0.6 is 15.9 Å². The van der Waals surface area contributed by atoms with Gasteiger partial charge in [-0.05, 0) is 12.1 Å². The molecule has 0 amide bonds. The van der Waals surface area contributed by atoms with E-state index >= 15 is 0 Å². The molecule has 0 aliphatic rings. The highest BCUT2D eigenvalue weighted by molar-refractivity contribution is 9.10. The lowest BCUT2D eigenvalue weighted by atomic mass is 10.2. The zero-order valence-electron chi connectivity index (χ0n) is 9.85. The largest absolute Gasteiger partial charge is 0.460 e. The molecule has 106 valence electrons. The van der Waals surface area contributed by atoms with Crippen molar-refractivity contribution in [3.05, 3.63) is 28.0 Å². The molecule has 6 nitrogen and oxygen atoms in total. The molecule has 0 spiro atoms. The van der Waals surface area contributed by atoms with Crippen LogP contribution in [-0.2, 0) is 19.5 Å². The number of hydrogen-bond donors (Lipinski definition) is 1. The van der Waals surface area contributed by atoms with Gasteiger partial charge in [-0.25, -0.2) is 22.7 Å². The molecule has 0 bridgehead atoms. The molecule has 9 heteroatoms. The first kappa shape index (κ1) is 16.0. The van der Waals surface area contributed by atoms with E-state index in [1.54, 1.807) is 0 Å². The molecule has 0 radical (unpaired) electrons. The lowest BCUT2D eigenvalue weighted by Gasteiger charge is -2.08. The Hall–Kier alpha value is -1.03. The number of ether oxygens (including phenoxy) is 2. The van der Waals surface area contributed by atoms with Crippen molar-refractivity contribution in [2.75, 3.05) is 20.3 Å². The number of halogens is 2. The fraction of sp³-hybridized carbons (Fsp3) is 0.300. The molecule has 0 atom stereocenters. The van der Waals surface area contributed by atoms with Gasteiger partial charge in [-0.2, -0.15) is 0 Å². The maximum Gasteiger partial charge on any atom is 0.341 e. The van der Waals surface area contributed by atoms with Crippen molar-refractivity contribution in [3.8, 4) is 0 Å². The Morgan fingerprint density at radius 2 is 2.05 bits per heavy atom. The van der Waals surface area contributed by atoms with Crippen molar-refractivity contribution in [1.29, 1.82) is 0 Å². The molecule has 1 aromatic rings. The van der Waals surface area contributed by atoms with Gasteiger partial charge >= 0.3 is 5.97 Å². The summed E-state index contributed by atoms with van der Waals surface area (Å²) in [5.74, 6) is -2.24. The summed E-state index contributed by atoms with van der Waals surface area (Å²) in [6, 6.07) is 2.08. The summed E-state index contributed by atoms with van der Waals surface area (Å²) in [6.45, 7) is 0.0649. The second kappa shape index (κ2) is 6.42. The van der Waals surface area contributed by atoms with E-state index < -0.39 is 32.3 Å². The fourth-order valence-corrected chi connectivity index (χ4v) is 2.48. The van der Waals surface area contributed by atoms with Crippen LogP contribution in [0.1, 0.15) is 10.4 Å². The van der Waals surface area contributed by atoms with Gasteiger partial charge in [0.25, 0.3) is 0 Å². The number of benzene rings is 1. The van der Waals surface area contributed by atoms with Crippen LogP contribution in [0.25, 0.3) is 0 Å². The van der Waals surface area contributed by atoms with Crippen LogP contribution in [0.4, 0.5) is 4.39 Å². The lowest BCUT2D eigenvalue weighted by Crippen LogP contribution is -2.18. The quantitative estimate of drug-likeness (QED) is 0.628. The highest BCUT2D eigenvalue weighted by Crippen LogP contribution is 2.23. The molecule has 0 aliphatic heterocycles. The summed E-state index contributed by atoms with van der Waals surface area (Å²) in [7, 11) is -2.87. The van der Waals surface area contributed by atoms with E-state index in [0.29, 0.717) is 0 Å². The second-order valence-corrected chi connectivity index (χ2v) is 5.88. The number of carbonyl (C=O) groups excluding carboxylic acids is 1. The molecule has 0 saturated heterocycles. The Morgan fingerprint density at radius 3 is 2.58 bits per heavy atom. The van der Waals surface area contributed by atoms with Crippen LogP contribution in [0.5, 0.6) is 0 Å². The van der Waals surface area contributed by atoms with Crippen LogP contribution in [0, 0.1) is 5.82 Å². The average molecular weight is 356 g/mol. The van der Waals surface area contributed by atoms with Crippen molar-refractivity contribution < 1.29 is 27.1 Å². The third kappa shape index (κ3) is 4.23. The number of rotatable bonds is 5. The highest BCUT2D eigenvalue weighted by atomic mass is 79.9. The zero-order valence-corrected chi connectivity index (χ0v) is 12.3. The van der Waals surface area contributed by atoms with E-state index in [2.05, 4.69) is 20.7 Å². The minimum absolute atomic E-state index is 0.0774. The first-order chi connectivity index (χ1) is 8.77. The number of carbonyl (C=O) groups is 1. The Morgan fingerprint density at radius 1 is 1.42 bits per heavy atom. The maximum absolute atomic E-state index is 13.9. The van der Waals surface area contributed by atoms with Gasteiger partial charge in [0.15, 0.2) is 5.82 Å². The summed E-state index contributed by atoms with van der Waals surface area (Å²) < 4.78 is 45.8. The van der Waals surface area contributed by atoms with E-state index in [9.17, 15) is 17.6 Å². The molecule has 0 aliphatic carbocycles. The second-order valence-electron chi connectivity index (χ2n) is 3.44. The molecule has 1 rings (SSSR count). The van der Waals surface area contributed by atoms with Gasteiger partial charge in [0, 0.05) is 11.6 Å². The molecule has 0 fully saturated rings. The van der Waals surface area contributed by atoms with Gasteiger partial charge in [-0.3, -0.25) is 0 Å². The van der Waals surface area contributed by atoms with Gasteiger partial charge in [-0.1, -0.05) is 15.9 Å². The minimum Gasteiger partial charge on any atom is -0.460 e. The van der Waals surface area contributed by atoms with Crippen molar-refractivity contribution in [1.82, 2.24) is 0 Å². The topological polar surface area (TPSA) is 95.7 Å². The number of primary sulfonamides is 1. The van der Waals surface area contributed by atoms with Crippen LogP contribution < -0.4 is 5.14 Å². The van der Waals surface area contributed by atoms with E-state index in [0.717, 1.165) is 12.1 Å². The molecule has 0 aromatic heterocycles. The molecule has 19 heavy (non-hydrogen) atoms. The Bertz CT molecular complexity index is 590. The first-order valence-corrected chi connectivity index (χ1v) is 7.29. The van der Waals surface area contributed by atoms with Crippen LogP contribution in [0.2, 0.25) is 0 Å². The number of esters is 1. The maximum atomic E-state index is 13.9. The number of nitrogens with two attached hydrogens (primary N) is 1. The van der Waals surface area contributed by atoms with E-state index in [1.165, 1.54) is 7.11 Å². The summed E-state index contributed by atoms with van der Waals surface area (Å²) >= 11 is 2.97. The Kier molecular flexibility index (Phi) is 5.41. The van der Waals surface area contributed by atoms with Crippen LogP contribution in [-0.4, -0.2) is 34.7 Å². The standard InChI is InChI=1S/C10H11BrFNO5S/c1-17-2-3-18-10(14)7-4-6(11)5-8(9(7)12)19(13,15)16/h4-5H,2-3H2,1H3,(H2,13,15,16). The van der Waals surface area contributed by atoms with Crippen LogP contribution in [0.15, 0.2) is 21.5 Å². The molecule has 0 unspecified atom stereocenters. The van der Waals surface area contributed by atoms with Crippen molar-refractivity contribution in [2.45, 2.75) is 4.90 Å². The predicted octanol–water partition coefficient (Wildman–Crippen LogP) is 1.04. The van der Waals surface area contributed by atoms with E-state index in [4.69, 9.17) is 9.88 Å². The molecule has 1 aromatic carbocycles. The highest BCUT2D eigenvalue weighted by Gasteiger charge is 2.23. The fourth-order valence-electron chi connectivity index (χ4n) is 1.22. The predicted molar refractivity (Wildman–Crippen MR) is 67.6 cm³/mol. The molecule has 0 heterocycles. The number of sulfonamides is 1. The van der Waals surface area contributed by atoms with Gasteiger partial charge in [0.05, 0.1) is 12.2 Å². The summed E-state index contributed by atoms with van der Waals surface area (Å²) in [5, 5.41) is 4.86. The summed E-state index contributed by atoms with van der Waals surface area (Å²) in [5.41, 5.74) is -0.519. The van der Waals surface area contributed by atoms with Crippen molar-refractivity contribution >= 4 is 31.9 Å². The molecule has 2 N–H and O–H groups in total. The number of hydrogen-bond acceptors (Lipinski definition) is 5. The zero-order chi connectivity index (χ0) is 14.6. The summed E-state index contributed by atoms with van der Waals surface area (Å²) in [6.07, 6.45) is 0. The van der Waals surface area contributed by atoms with Gasteiger partial charge in [0.2, 0.25) is 10.0 Å². The minimum atomic E-state index is -4.27. The lowest BCUT2D eigenvalue weighted by molar-refractivity contribution is 0.0382. The van der Waals surface area contributed by atoms with Crippen LogP contribution in [0.3, 0.4) is 0 Å². The van der Waals surface area contributed by atoms with E-state index in [-0.39, 0.29) is 17.7 Å². The van der Waals surface area contributed by atoms with Crippen molar-refractivity contribution in [2.24, 2.45) is 5.14 Å². The Labute approximate surface area is 117 Å². The molecule has 0 saturated carbocycles. The number of methoxy groups -OCH3 is 1. The SMILES string of the molecule is COCCOC(=O)c1cc(Br)cc(S(N)(=O)=O)c1F. The molecular weight excluding hydrogens is 345 g/mol. The van der Waals surface area contributed by atoms with E-state index in [1.807, 2.05) is 0 Å². The average Bonchev–Trinajstić information content (AvgIpc) is 2.30.